The molecule has 1 aliphatic rings. The first kappa shape index (κ1) is 8.02. The highest BCUT2D eigenvalue weighted by molar-refractivity contribution is 4.75. The van der Waals surface area contributed by atoms with Gasteiger partial charge in [0.25, 0.3) is 0 Å². The highest BCUT2D eigenvalue weighted by atomic mass is 14.9. The predicted molar refractivity (Wildman–Crippen MR) is 43.9 cm³/mol. The monoisotopic (exact) mass is 142 g/mol. The molecule has 0 radical (unpaired) electrons. The Balaban J connectivity index is 2.35. The van der Waals surface area contributed by atoms with Crippen molar-refractivity contribution >= 4 is 0 Å². The zero-order valence-electron chi connectivity index (χ0n) is 6.77. The van der Waals surface area contributed by atoms with Crippen molar-refractivity contribution in [2.24, 2.45) is 11.7 Å². The van der Waals surface area contributed by atoms with Crippen LogP contribution in [0.15, 0.2) is 0 Å². The fraction of sp³-hybridized carbons (Fsp3) is 1.00. The lowest BCUT2D eigenvalue weighted by molar-refractivity contribution is 0.392. The van der Waals surface area contributed by atoms with Gasteiger partial charge in [-0.15, -0.1) is 0 Å². The molecule has 1 fully saturated rings. The van der Waals surface area contributed by atoms with Crippen molar-refractivity contribution in [3.05, 3.63) is 0 Å². The van der Waals surface area contributed by atoms with E-state index in [0.717, 1.165) is 6.54 Å². The summed E-state index contributed by atoms with van der Waals surface area (Å²) in [6, 6.07) is 0.632. The van der Waals surface area contributed by atoms with Crippen LogP contribution >= 0.6 is 0 Å². The first-order chi connectivity index (χ1) is 4.84. The molecule has 3 N–H and O–H groups in total. The van der Waals surface area contributed by atoms with Crippen molar-refractivity contribution in [1.82, 2.24) is 5.32 Å². The molecule has 0 bridgehead atoms. The number of nitrogens with two attached hydrogens (primary N) is 1. The number of hydrogen-bond acceptors (Lipinski definition) is 2. The standard InChI is InChI=1S/C8H18N2/c1-7-8(6-9)4-2-3-5-10-7/h7-8,10H,2-6,9H2,1H3. The van der Waals surface area contributed by atoms with E-state index in [1.807, 2.05) is 0 Å². The van der Waals surface area contributed by atoms with Crippen molar-refractivity contribution in [3.8, 4) is 0 Å². The van der Waals surface area contributed by atoms with Crippen molar-refractivity contribution in [1.29, 1.82) is 0 Å². The van der Waals surface area contributed by atoms with E-state index >= 15 is 0 Å². The summed E-state index contributed by atoms with van der Waals surface area (Å²) in [6.45, 7) is 4.26. The van der Waals surface area contributed by atoms with Gasteiger partial charge in [-0.3, -0.25) is 0 Å². The van der Waals surface area contributed by atoms with E-state index in [0.29, 0.717) is 12.0 Å². The number of nitrogens with one attached hydrogen (secondary N) is 1. The molecule has 10 heavy (non-hydrogen) atoms. The quantitative estimate of drug-likeness (QED) is 0.566. The van der Waals surface area contributed by atoms with Crippen molar-refractivity contribution in [2.75, 3.05) is 13.1 Å². The van der Waals surface area contributed by atoms with E-state index < -0.39 is 0 Å². The lowest BCUT2D eigenvalue weighted by Crippen LogP contribution is -2.35. The molecule has 0 aromatic heterocycles. The minimum Gasteiger partial charge on any atom is -0.330 e. The minimum atomic E-state index is 0.632. The van der Waals surface area contributed by atoms with Gasteiger partial charge in [0, 0.05) is 6.04 Å². The molecule has 2 nitrogen and oxygen atoms in total. The average molecular weight is 142 g/mol. The summed E-state index contributed by atoms with van der Waals surface area (Å²) >= 11 is 0. The van der Waals surface area contributed by atoms with Gasteiger partial charge in [0.05, 0.1) is 0 Å². The van der Waals surface area contributed by atoms with E-state index in [4.69, 9.17) is 5.73 Å². The van der Waals surface area contributed by atoms with E-state index in [2.05, 4.69) is 12.2 Å². The number of hydrogen-bond donors (Lipinski definition) is 2. The Kier molecular flexibility index (Phi) is 3.16. The summed E-state index contributed by atoms with van der Waals surface area (Å²) in [4.78, 5) is 0. The molecule has 0 aromatic carbocycles. The third-order valence-corrected chi connectivity index (χ3v) is 2.48. The molecule has 1 heterocycles. The SMILES string of the molecule is CC1NCCCCC1CN. The van der Waals surface area contributed by atoms with Crippen LogP contribution in [0.3, 0.4) is 0 Å². The molecule has 0 aromatic rings. The second-order valence-electron chi connectivity index (χ2n) is 3.23. The third-order valence-electron chi connectivity index (χ3n) is 2.48. The summed E-state index contributed by atoms with van der Waals surface area (Å²) in [7, 11) is 0. The van der Waals surface area contributed by atoms with Crippen LogP contribution in [0.5, 0.6) is 0 Å². The lowest BCUT2D eigenvalue weighted by Gasteiger charge is -2.19. The fourth-order valence-electron chi connectivity index (χ4n) is 1.60. The van der Waals surface area contributed by atoms with Crippen LogP contribution in [0.4, 0.5) is 0 Å². The molecule has 0 amide bonds. The van der Waals surface area contributed by atoms with Gasteiger partial charge in [-0.2, -0.15) is 0 Å². The molecule has 1 rings (SSSR count). The Bertz CT molecular complexity index is 93.3. The Morgan fingerprint density at radius 3 is 3.00 bits per heavy atom. The summed E-state index contributed by atoms with van der Waals surface area (Å²) in [5, 5.41) is 3.47. The maximum Gasteiger partial charge on any atom is 0.00790 e. The van der Waals surface area contributed by atoms with Gasteiger partial charge in [0.1, 0.15) is 0 Å². The fourth-order valence-corrected chi connectivity index (χ4v) is 1.60. The topological polar surface area (TPSA) is 38.0 Å². The highest BCUT2D eigenvalue weighted by Crippen LogP contribution is 2.14. The van der Waals surface area contributed by atoms with Gasteiger partial charge in [0.2, 0.25) is 0 Å². The Hall–Kier alpha value is -0.0800. The van der Waals surface area contributed by atoms with E-state index in [1.54, 1.807) is 0 Å². The lowest BCUT2D eigenvalue weighted by atomic mass is 9.97. The third kappa shape index (κ3) is 1.96. The second-order valence-corrected chi connectivity index (χ2v) is 3.23. The average Bonchev–Trinajstić information content (AvgIpc) is 2.13. The first-order valence-corrected chi connectivity index (χ1v) is 4.28. The van der Waals surface area contributed by atoms with Crippen molar-refractivity contribution < 1.29 is 0 Å². The minimum absolute atomic E-state index is 0.632. The summed E-state index contributed by atoms with van der Waals surface area (Å²) < 4.78 is 0. The van der Waals surface area contributed by atoms with Gasteiger partial charge in [-0.05, 0) is 38.8 Å². The molecule has 0 aliphatic carbocycles. The maximum absolute atomic E-state index is 5.62. The van der Waals surface area contributed by atoms with Gasteiger partial charge in [-0.1, -0.05) is 6.42 Å². The van der Waals surface area contributed by atoms with Crippen LogP contribution in [0.2, 0.25) is 0 Å². The Morgan fingerprint density at radius 2 is 2.30 bits per heavy atom. The van der Waals surface area contributed by atoms with Gasteiger partial charge in [-0.25, -0.2) is 0 Å². The molecule has 60 valence electrons. The summed E-state index contributed by atoms with van der Waals surface area (Å²) in [5.41, 5.74) is 5.62. The van der Waals surface area contributed by atoms with E-state index in [-0.39, 0.29) is 0 Å². The van der Waals surface area contributed by atoms with Crippen LogP contribution < -0.4 is 11.1 Å². The smallest absolute Gasteiger partial charge is 0.00790 e. The molecule has 2 atom stereocenters. The van der Waals surface area contributed by atoms with Crippen LogP contribution in [-0.4, -0.2) is 19.1 Å². The largest absolute Gasteiger partial charge is 0.330 e. The van der Waals surface area contributed by atoms with Gasteiger partial charge < -0.3 is 11.1 Å². The van der Waals surface area contributed by atoms with Crippen LogP contribution in [0.25, 0.3) is 0 Å². The predicted octanol–water partition coefficient (Wildman–Crippen LogP) is 0.723. The van der Waals surface area contributed by atoms with Gasteiger partial charge in [0.15, 0.2) is 0 Å². The second kappa shape index (κ2) is 3.94. The zero-order valence-corrected chi connectivity index (χ0v) is 6.77. The van der Waals surface area contributed by atoms with Crippen LogP contribution in [-0.2, 0) is 0 Å². The van der Waals surface area contributed by atoms with Gasteiger partial charge >= 0.3 is 0 Å². The van der Waals surface area contributed by atoms with Crippen molar-refractivity contribution in [3.63, 3.8) is 0 Å². The van der Waals surface area contributed by atoms with Crippen molar-refractivity contribution in [2.45, 2.75) is 32.2 Å². The maximum atomic E-state index is 5.62. The Morgan fingerprint density at radius 1 is 1.50 bits per heavy atom. The zero-order chi connectivity index (χ0) is 7.40. The molecule has 2 heteroatoms. The molecular weight excluding hydrogens is 124 g/mol. The van der Waals surface area contributed by atoms with Crippen LogP contribution in [0.1, 0.15) is 26.2 Å². The van der Waals surface area contributed by atoms with E-state index in [1.165, 1.54) is 25.8 Å². The Labute approximate surface area is 63.2 Å². The first-order valence-electron chi connectivity index (χ1n) is 4.28. The molecule has 0 saturated carbocycles. The molecule has 2 unspecified atom stereocenters. The number of rotatable bonds is 1. The normalized spacial score (nSPS) is 35.4. The van der Waals surface area contributed by atoms with E-state index in [9.17, 15) is 0 Å². The molecular formula is C8H18N2. The molecule has 0 spiro atoms. The molecule has 1 saturated heterocycles. The summed E-state index contributed by atoms with van der Waals surface area (Å²) in [5.74, 6) is 0.711. The highest BCUT2D eigenvalue weighted by Gasteiger charge is 2.16. The summed E-state index contributed by atoms with van der Waals surface area (Å²) in [6.07, 6.45) is 3.98. The van der Waals surface area contributed by atoms with Crippen LogP contribution in [0, 0.1) is 5.92 Å². The molecule has 1 aliphatic heterocycles.